The molecule has 4 nitrogen and oxygen atoms in total. The van der Waals surface area contributed by atoms with Crippen LogP contribution < -0.4 is 10.9 Å². The lowest BCUT2D eigenvalue weighted by molar-refractivity contribution is 0.252. The fourth-order valence-electron chi connectivity index (χ4n) is 3.19. The first-order valence-electron chi connectivity index (χ1n) is 6.88. The Balaban J connectivity index is 2.00. The van der Waals surface area contributed by atoms with Crippen LogP contribution in [0.3, 0.4) is 0 Å². The number of hydrogen-bond acceptors (Lipinski definition) is 3. The molecule has 0 aromatic carbocycles. The van der Waals surface area contributed by atoms with Gasteiger partial charge < -0.3 is 10.3 Å². The topological polar surface area (TPSA) is 57.8 Å². The molecule has 1 aromatic rings. The summed E-state index contributed by atoms with van der Waals surface area (Å²) in [4.78, 5) is 17.9. The van der Waals surface area contributed by atoms with Crippen molar-refractivity contribution in [3.63, 3.8) is 0 Å². The Labute approximate surface area is 108 Å². The molecule has 2 N–H and O–H groups in total. The van der Waals surface area contributed by atoms with Gasteiger partial charge in [0.15, 0.2) is 0 Å². The fraction of sp³-hybridized carbons (Fsp3) is 0.714. The van der Waals surface area contributed by atoms with Gasteiger partial charge in [-0.25, -0.2) is 4.98 Å². The lowest BCUT2D eigenvalue weighted by Gasteiger charge is -2.31. The van der Waals surface area contributed by atoms with E-state index >= 15 is 0 Å². The molecule has 0 saturated heterocycles. The lowest BCUT2D eigenvalue weighted by atomic mass is 9.78. The number of aromatic nitrogens is 2. The van der Waals surface area contributed by atoms with Crippen LogP contribution in [0.4, 0.5) is 5.82 Å². The second-order valence-electron chi connectivity index (χ2n) is 5.95. The van der Waals surface area contributed by atoms with Crippen molar-refractivity contribution in [1.29, 1.82) is 0 Å². The third-order valence-electron chi connectivity index (χ3n) is 3.83. The molecule has 1 heterocycles. The van der Waals surface area contributed by atoms with E-state index in [2.05, 4.69) is 29.1 Å². The van der Waals surface area contributed by atoms with Gasteiger partial charge in [0, 0.05) is 12.6 Å². The summed E-state index contributed by atoms with van der Waals surface area (Å²) >= 11 is 0. The van der Waals surface area contributed by atoms with Gasteiger partial charge in [-0.1, -0.05) is 26.7 Å². The SMILES string of the molecule is CC(C)CC1(CNc2cc(=O)[nH]cn2)CCCC1. The van der Waals surface area contributed by atoms with Crippen LogP contribution in [-0.4, -0.2) is 16.5 Å². The Kier molecular flexibility index (Phi) is 4.04. The molecule has 1 aliphatic rings. The van der Waals surface area contributed by atoms with E-state index in [0.29, 0.717) is 11.2 Å². The number of aromatic amines is 1. The largest absolute Gasteiger partial charge is 0.369 e. The second kappa shape index (κ2) is 5.55. The van der Waals surface area contributed by atoms with Crippen LogP contribution in [0.2, 0.25) is 0 Å². The molecule has 0 bridgehead atoms. The van der Waals surface area contributed by atoms with E-state index in [1.807, 2.05) is 0 Å². The van der Waals surface area contributed by atoms with Gasteiger partial charge in [0.1, 0.15) is 5.82 Å². The van der Waals surface area contributed by atoms with Crippen LogP contribution in [0.5, 0.6) is 0 Å². The van der Waals surface area contributed by atoms with E-state index in [-0.39, 0.29) is 5.56 Å². The fourth-order valence-corrected chi connectivity index (χ4v) is 3.19. The number of anilines is 1. The van der Waals surface area contributed by atoms with Gasteiger partial charge in [0.05, 0.1) is 6.33 Å². The Morgan fingerprint density at radius 3 is 2.78 bits per heavy atom. The van der Waals surface area contributed by atoms with Crippen molar-refractivity contribution >= 4 is 5.82 Å². The number of H-pyrrole nitrogens is 1. The monoisotopic (exact) mass is 249 g/mol. The third kappa shape index (κ3) is 3.34. The molecule has 0 radical (unpaired) electrons. The Hall–Kier alpha value is -1.32. The van der Waals surface area contributed by atoms with Gasteiger partial charge >= 0.3 is 0 Å². The van der Waals surface area contributed by atoms with Crippen molar-refractivity contribution in [2.75, 3.05) is 11.9 Å². The van der Waals surface area contributed by atoms with Crippen molar-refractivity contribution in [1.82, 2.24) is 9.97 Å². The minimum Gasteiger partial charge on any atom is -0.369 e. The number of rotatable bonds is 5. The van der Waals surface area contributed by atoms with Crippen LogP contribution in [0.25, 0.3) is 0 Å². The summed E-state index contributed by atoms with van der Waals surface area (Å²) in [6, 6.07) is 1.53. The number of hydrogen-bond donors (Lipinski definition) is 2. The predicted octanol–water partition coefficient (Wildman–Crippen LogP) is 2.79. The smallest absolute Gasteiger partial charge is 0.252 e. The van der Waals surface area contributed by atoms with Gasteiger partial charge in [0.25, 0.3) is 5.56 Å². The van der Waals surface area contributed by atoms with Gasteiger partial charge in [-0.3, -0.25) is 4.79 Å². The Morgan fingerprint density at radius 2 is 2.17 bits per heavy atom. The first-order valence-corrected chi connectivity index (χ1v) is 6.88. The maximum atomic E-state index is 11.2. The molecule has 1 aromatic heterocycles. The van der Waals surface area contributed by atoms with E-state index < -0.39 is 0 Å². The summed E-state index contributed by atoms with van der Waals surface area (Å²) in [6.45, 7) is 5.50. The molecule has 0 spiro atoms. The van der Waals surface area contributed by atoms with Crippen LogP contribution in [-0.2, 0) is 0 Å². The first-order chi connectivity index (χ1) is 8.60. The molecular weight excluding hydrogens is 226 g/mol. The molecule has 1 aliphatic carbocycles. The van der Waals surface area contributed by atoms with Crippen LogP contribution in [0.15, 0.2) is 17.2 Å². The van der Waals surface area contributed by atoms with Crippen LogP contribution in [0.1, 0.15) is 46.0 Å². The summed E-state index contributed by atoms with van der Waals surface area (Å²) in [6.07, 6.45) is 7.95. The summed E-state index contributed by atoms with van der Waals surface area (Å²) < 4.78 is 0. The summed E-state index contributed by atoms with van der Waals surface area (Å²) in [5, 5.41) is 3.34. The van der Waals surface area contributed by atoms with Crippen molar-refractivity contribution in [3.05, 3.63) is 22.7 Å². The van der Waals surface area contributed by atoms with Crippen LogP contribution in [0, 0.1) is 11.3 Å². The van der Waals surface area contributed by atoms with E-state index in [1.165, 1.54) is 44.5 Å². The maximum absolute atomic E-state index is 11.2. The van der Waals surface area contributed by atoms with E-state index in [9.17, 15) is 4.79 Å². The lowest BCUT2D eigenvalue weighted by Crippen LogP contribution is -2.29. The van der Waals surface area contributed by atoms with Crippen molar-refractivity contribution in [2.24, 2.45) is 11.3 Å². The van der Waals surface area contributed by atoms with E-state index in [0.717, 1.165) is 12.5 Å². The van der Waals surface area contributed by atoms with Crippen molar-refractivity contribution in [2.45, 2.75) is 46.0 Å². The zero-order valence-electron chi connectivity index (χ0n) is 11.3. The molecule has 100 valence electrons. The minimum atomic E-state index is -0.100. The predicted molar refractivity (Wildman–Crippen MR) is 73.7 cm³/mol. The third-order valence-corrected chi connectivity index (χ3v) is 3.83. The van der Waals surface area contributed by atoms with Gasteiger partial charge in [0.2, 0.25) is 0 Å². The van der Waals surface area contributed by atoms with Gasteiger partial charge in [-0.15, -0.1) is 0 Å². The standard InChI is InChI=1S/C14H23N3O/c1-11(2)8-14(5-3-4-6-14)9-15-12-7-13(18)17-10-16-12/h7,10-11H,3-6,8-9H2,1-2H3,(H2,15,16,17,18). The first kappa shape index (κ1) is 13.1. The zero-order valence-corrected chi connectivity index (χ0v) is 11.3. The Bertz CT molecular complexity index is 433. The quantitative estimate of drug-likeness (QED) is 0.843. The highest BCUT2D eigenvalue weighted by Crippen LogP contribution is 2.43. The molecule has 2 rings (SSSR count). The molecule has 0 amide bonds. The minimum absolute atomic E-state index is 0.100. The van der Waals surface area contributed by atoms with Crippen molar-refractivity contribution < 1.29 is 0 Å². The highest BCUT2D eigenvalue weighted by Gasteiger charge is 2.34. The van der Waals surface area contributed by atoms with Gasteiger partial charge in [-0.05, 0) is 30.6 Å². The van der Waals surface area contributed by atoms with Crippen LogP contribution >= 0.6 is 0 Å². The summed E-state index contributed by atoms with van der Waals surface area (Å²) in [5.74, 6) is 1.41. The molecular formula is C14H23N3O. The molecule has 1 fully saturated rings. The molecule has 0 unspecified atom stereocenters. The molecule has 18 heavy (non-hydrogen) atoms. The van der Waals surface area contributed by atoms with E-state index in [4.69, 9.17) is 0 Å². The average molecular weight is 249 g/mol. The second-order valence-corrected chi connectivity index (χ2v) is 5.95. The molecule has 4 heteroatoms. The maximum Gasteiger partial charge on any atom is 0.252 e. The summed E-state index contributed by atoms with van der Waals surface area (Å²) in [5.41, 5.74) is 0.301. The molecule has 0 aliphatic heterocycles. The zero-order chi connectivity index (χ0) is 13.0. The normalized spacial score (nSPS) is 18.2. The highest BCUT2D eigenvalue weighted by molar-refractivity contribution is 5.32. The highest BCUT2D eigenvalue weighted by atomic mass is 16.1. The Morgan fingerprint density at radius 1 is 1.44 bits per heavy atom. The van der Waals surface area contributed by atoms with Crippen molar-refractivity contribution in [3.8, 4) is 0 Å². The number of nitrogens with zero attached hydrogens (tertiary/aromatic N) is 1. The molecule has 0 atom stereocenters. The van der Waals surface area contributed by atoms with E-state index in [1.54, 1.807) is 0 Å². The van der Waals surface area contributed by atoms with Gasteiger partial charge in [-0.2, -0.15) is 0 Å². The number of nitrogens with one attached hydrogen (secondary N) is 2. The molecule has 1 saturated carbocycles. The summed E-state index contributed by atoms with van der Waals surface area (Å²) in [7, 11) is 0. The average Bonchev–Trinajstić information content (AvgIpc) is 2.75.